The van der Waals surface area contributed by atoms with Gasteiger partial charge in [-0.05, 0) is 43.9 Å². The van der Waals surface area contributed by atoms with E-state index in [2.05, 4.69) is 5.32 Å². The Morgan fingerprint density at radius 2 is 1.79 bits per heavy atom. The van der Waals surface area contributed by atoms with Crippen LogP contribution in [0.15, 0.2) is 23.1 Å². The molecule has 1 heterocycles. The molecule has 1 aliphatic heterocycles. The molecule has 8 nitrogen and oxygen atoms in total. The zero-order chi connectivity index (χ0) is 20.9. The van der Waals surface area contributed by atoms with Crippen molar-refractivity contribution in [3.05, 3.63) is 29.3 Å². The molecule has 1 aliphatic rings. The summed E-state index contributed by atoms with van der Waals surface area (Å²) in [5.74, 6) is -0.366. The Morgan fingerprint density at radius 1 is 1.14 bits per heavy atom. The number of benzene rings is 1. The SMILES string of the molecule is Cc1ccc(S(=O)(=O)N2CCCCC2)cc1C(=O)NCCCN(C)S(C)(=O)=O. The van der Waals surface area contributed by atoms with E-state index in [1.165, 1.54) is 27.8 Å². The van der Waals surface area contributed by atoms with Crippen LogP contribution in [0.5, 0.6) is 0 Å². The lowest BCUT2D eigenvalue weighted by atomic mass is 10.1. The van der Waals surface area contributed by atoms with Gasteiger partial charge in [0.15, 0.2) is 0 Å². The van der Waals surface area contributed by atoms with Crippen molar-refractivity contribution in [1.82, 2.24) is 13.9 Å². The molecular weight excluding hydrogens is 402 g/mol. The molecule has 10 heteroatoms. The third-order valence-electron chi connectivity index (χ3n) is 4.91. The number of piperidine rings is 1. The maximum atomic E-state index is 12.8. The molecule has 1 saturated heterocycles. The number of nitrogens with zero attached hydrogens (tertiary/aromatic N) is 2. The summed E-state index contributed by atoms with van der Waals surface area (Å²) in [7, 11) is -5.37. The van der Waals surface area contributed by atoms with Gasteiger partial charge >= 0.3 is 0 Å². The molecule has 0 saturated carbocycles. The summed E-state index contributed by atoms with van der Waals surface area (Å²) in [6.07, 6.45) is 4.31. The fourth-order valence-electron chi connectivity index (χ4n) is 3.03. The van der Waals surface area contributed by atoms with E-state index in [1.54, 1.807) is 13.0 Å². The second-order valence-corrected chi connectivity index (χ2v) is 11.2. The average Bonchev–Trinajstić information content (AvgIpc) is 2.65. The Hall–Kier alpha value is -1.49. The highest BCUT2D eigenvalue weighted by atomic mass is 32.2. The fourth-order valence-corrected chi connectivity index (χ4v) is 5.03. The minimum Gasteiger partial charge on any atom is -0.352 e. The molecule has 1 aromatic carbocycles. The number of nitrogens with one attached hydrogen (secondary N) is 1. The molecule has 0 aromatic heterocycles. The molecule has 1 aromatic rings. The average molecular weight is 432 g/mol. The van der Waals surface area contributed by atoms with Crippen molar-refractivity contribution in [2.75, 3.05) is 39.5 Å². The lowest BCUT2D eigenvalue weighted by Gasteiger charge is -2.26. The molecule has 158 valence electrons. The van der Waals surface area contributed by atoms with Crippen molar-refractivity contribution in [3.63, 3.8) is 0 Å². The van der Waals surface area contributed by atoms with Crippen LogP contribution in [0.25, 0.3) is 0 Å². The topological polar surface area (TPSA) is 104 Å². The second kappa shape index (κ2) is 9.34. The zero-order valence-electron chi connectivity index (χ0n) is 16.6. The molecule has 0 unspecified atom stereocenters. The monoisotopic (exact) mass is 431 g/mol. The molecule has 1 amide bonds. The first-order chi connectivity index (χ1) is 13.0. The van der Waals surface area contributed by atoms with Gasteiger partial charge in [-0.15, -0.1) is 0 Å². The van der Waals surface area contributed by atoms with Gasteiger partial charge in [0, 0.05) is 38.8 Å². The molecule has 0 aliphatic carbocycles. The van der Waals surface area contributed by atoms with Crippen LogP contribution in [0.4, 0.5) is 0 Å². The van der Waals surface area contributed by atoms with Crippen LogP contribution in [0.1, 0.15) is 41.6 Å². The van der Waals surface area contributed by atoms with Crippen molar-refractivity contribution < 1.29 is 21.6 Å². The summed E-state index contributed by atoms with van der Waals surface area (Å²) < 4.78 is 51.1. The third kappa shape index (κ3) is 5.76. The standard InChI is InChI=1S/C18H29N3O5S2/c1-15-8-9-16(28(25,26)21-12-5-4-6-13-21)14-17(15)18(22)19-10-7-11-20(2)27(3,23)24/h8-9,14H,4-7,10-13H2,1-3H3,(H,19,22). The highest BCUT2D eigenvalue weighted by Crippen LogP contribution is 2.22. The molecule has 0 atom stereocenters. The number of carbonyl (C=O) groups is 1. The highest BCUT2D eigenvalue weighted by molar-refractivity contribution is 7.89. The van der Waals surface area contributed by atoms with Gasteiger partial charge in [-0.2, -0.15) is 4.31 Å². The predicted molar refractivity (Wildman–Crippen MR) is 108 cm³/mol. The second-order valence-electron chi connectivity index (χ2n) is 7.14. The van der Waals surface area contributed by atoms with Crippen molar-refractivity contribution in [2.24, 2.45) is 0 Å². The molecule has 1 fully saturated rings. The number of hydrogen-bond donors (Lipinski definition) is 1. The van der Waals surface area contributed by atoms with Gasteiger partial charge in [-0.1, -0.05) is 12.5 Å². The van der Waals surface area contributed by atoms with E-state index in [9.17, 15) is 21.6 Å². The summed E-state index contributed by atoms with van der Waals surface area (Å²) in [6.45, 7) is 3.35. The normalized spacial score (nSPS) is 16.3. The summed E-state index contributed by atoms with van der Waals surface area (Å²) in [6, 6.07) is 4.61. The number of rotatable bonds is 8. The zero-order valence-corrected chi connectivity index (χ0v) is 18.3. The number of sulfonamides is 2. The molecule has 0 radical (unpaired) electrons. The Morgan fingerprint density at radius 3 is 2.39 bits per heavy atom. The third-order valence-corrected chi connectivity index (χ3v) is 8.12. The summed E-state index contributed by atoms with van der Waals surface area (Å²) in [5, 5.41) is 2.74. The lowest BCUT2D eigenvalue weighted by molar-refractivity contribution is 0.0952. The Balaban J connectivity index is 2.05. The molecule has 2 rings (SSSR count). The van der Waals surface area contributed by atoms with E-state index in [1.807, 2.05) is 0 Å². The van der Waals surface area contributed by atoms with E-state index in [0.29, 0.717) is 43.7 Å². The van der Waals surface area contributed by atoms with Gasteiger partial charge in [0.05, 0.1) is 11.2 Å². The van der Waals surface area contributed by atoms with Crippen LogP contribution >= 0.6 is 0 Å². The van der Waals surface area contributed by atoms with Crippen LogP contribution in [0.3, 0.4) is 0 Å². The molecule has 1 N–H and O–H groups in total. The lowest BCUT2D eigenvalue weighted by Crippen LogP contribution is -2.36. The van der Waals surface area contributed by atoms with Gasteiger partial charge in [0.2, 0.25) is 20.0 Å². The molecular formula is C18H29N3O5S2. The number of amides is 1. The van der Waals surface area contributed by atoms with E-state index in [4.69, 9.17) is 0 Å². The van der Waals surface area contributed by atoms with Crippen molar-refractivity contribution in [2.45, 2.75) is 37.5 Å². The highest BCUT2D eigenvalue weighted by Gasteiger charge is 2.27. The Bertz CT molecular complexity index is 907. The van der Waals surface area contributed by atoms with Gasteiger partial charge < -0.3 is 5.32 Å². The summed E-state index contributed by atoms with van der Waals surface area (Å²) in [5.41, 5.74) is 0.998. The van der Waals surface area contributed by atoms with Crippen LogP contribution in [0.2, 0.25) is 0 Å². The molecule has 28 heavy (non-hydrogen) atoms. The van der Waals surface area contributed by atoms with Gasteiger partial charge in [0.1, 0.15) is 0 Å². The van der Waals surface area contributed by atoms with E-state index >= 15 is 0 Å². The smallest absolute Gasteiger partial charge is 0.251 e. The van der Waals surface area contributed by atoms with Gasteiger partial charge in [-0.25, -0.2) is 21.1 Å². The largest absolute Gasteiger partial charge is 0.352 e. The van der Waals surface area contributed by atoms with Crippen LogP contribution in [-0.4, -0.2) is 70.8 Å². The van der Waals surface area contributed by atoms with E-state index in [0.717, 1.165) is 25.5 Å². The number of aryl methyl sites for hydroxylation is 1. The first kappa shape index (κ1) is 22.8. The van der Waals surface area contributed by atoms with E-state index in [-0.39, 0.29) is 10.8 Å². The quantitative estimate of drug-likeness (QED) is 0.623. The minimum atomic E-state index is -3.61. The minimum absolute atomic E-state index is 0.127. The van der Waals surface area contributed by atoms with Crippen LogP contribution in [-0.2, 0) is 20.0 Å². The first-order valence-electron chi connectivity index (χ1n) is 9.34. The molecule has 0 spiro atoms. The predicted octanol–water partition coefficient (Wildman–Crippen LogP) is 1.18. The fraction of sp³-hybridized carbons (Fsp3) is 0.611. The van der Waals surface area contributed by atoms with Gasteiger partial charge in [-0.3, -0.25) is 4.79 Å². The summed E-state index contributed by atoms with van der Waals surface area (Å²) in [4.78, 5) is 12.6. The van der Waals surface area contributed by atoms with Crippen LogP contribution in [0, 0.1) is 6.92 Å². The van der Waals surface area contributed by atoms with Crippen molar-refractivity contribution in [1.29, 1.82) is 0 Å². The Labute approximate surface area is 168 Å². The number of carbonyl (C=O) groups excluding carboxylic acids is 1. The summed E-state index contributed by atoms with van der Waals surface area (Å²) >= 11 is 0. The van der Waals surface area contributed by atoms with Gasteiger partial charge in [0.25, 0.3) is 5.91 Å². The van der Waals surface area contributed by atoms with E-state index < -0.39 is 20.0 Å². The molecule has 0 bridgehead atoms. The maximum Gasteiger partial charge on any atom is 0.251 e. The number of hydrogen-bond acceptors (Lipinski definition) is 5. The van der Waals surface area contributed by atoms with Crippen molar-refractivity contribution >= 4 is 26.0 Å². The van der Waals surface area contributed by atoms with Crippen LogP contribution < -0.4 is 5.32 Å². The first-order valence-corrected chi connectivity index (χ1v) is 12.6. The Kier molecular flexibility index (Phi) is 7.60. The van der Waals surface area contributed by atoms with Crippen molar-refractivity contribution in [3.8, 4) is 0 Å². The maximum absolute atomic E-state index is 12.8.